The summed E-state index contributed by atoms with van der Waals surface area (Å²) >= 11 is 3.31. The Labute approximate surface area is 117 Å². The van der Waals surface area contributed by atoms with Gasteiger partial charge in [0.25, 0.3) is 0 Å². The number of aliphatic hydroxyl groups is 1. The minimum Gasteiger partial charge on any atom is -0.393 e. The molecule has 6 heteroatoms. The molecule has 0 heterocycles. The van der Waals surface area contributed by atoms with Gasteiger partial charge in [0.1, 0.15) is 0 Å². The zero-order valence-electron chi connectivity index (χ0n) is 10.5. The summed E-state index contributed by atoms with van der Waals surface area (Å²) in [6.45, 7) is 1.98. The van der Waals surface area contributed by atoms with Crippen LogP contribution < -0.4 is 0 Å². The van der Waals surface area contributed by atoms with Crippen LogP contribution in [-0.2, 0) is 15.8 Å². The fourth-order valence-corrected chi connectivity index (χ4v) is 2.89. The highest BCUT2D eigenvalue weighted by Crippen LogP contribution is 2.14. The largest absolute Gasteiger partial charge is 0.393 e. The third-order valence-corrected chi connectivity index (χ3v) is 4.96. The lowest BCUT2D eigenvalue weighted by molar-refractivity contribution is 0.177. The Bertz CT molecular complexity index is 471. The quantitative estimate of drug-likeness (QED) is 0.864. The van der Waals surface area contributed by atoms with Crippen LogP contribution >= 0.6 is 15.9 Å². The molecule has 0 aliphatic rings. The van der Waals surface area contributed by atoms with E-state index < -0.39 is 16.1 Å². The minimum atomic E-state index is -3.31. The van der Waals surface area contributed by atoms with Crippen molar-refractivity contribution in [1.82, 2.24) is 4.31 Å². The second-order valence-corrected chi connectivity index (χ2v) is 7.33. The molecule has 0 bridgehead atoms. The second kappa shape index (κ2) is 6.65. The molecule has 4 nitrogen and oxygen atoms in total. The van der Waals surface area contributed by atoms with Gasteiger partial charge in [-0.25, -0.2) is 12.7 Å². The number of hydrogen-bond acceptors (Lipinski definition) is 3. The predicted molar refractivity (Wildman–Crippen MR) is 75.7 cm³/mol. The SMILES string of the molecule is C[C@@H](O)CCN(C)S(=O)(=O)Cc1ccc(Br)cc1. The molecule has 0 saturated heterocycles. The normalized spacial score (nSPS) is 13.8. The Morgan fingerprint density at radius 1 is 1.33 bits per heavy atom. The summed E-state index contributed by atoms with van der Waals surface area (Å²) in [5, 5.41) is 9.16. The van der Waals surface area contributed by atoms with E-state index in [1.54, 1.807) is 19.1 Å². The number of aliphatic hydroxyl groups excluding tert-OH is 1. The molecule has 18 heavy (non-hydrogen) atoms. The summed E-state index contributed by atoms with van der Waals surface area (Å²) in [5.41, 5.74) is 0.752. The lowest BCUT2D eigenvalue weighted by Crippen LogP contribution is -2.30. The number of benzene rings is 1. The Balaban J connectivity index is 2.66. The third kappa shape index (κ3) is 5.06. The highest BCUT2D eigenvalue weighted by molar-refractivity contribution is 9.10. The molecule has 0 radical (unpaired) electrons. The summed E-state index contributed by atoms with van der Waals surface area (Å²) in [6, 6.07) is 7.20. The van der Waals surface area contributed by atoms with Crippen LogP contribution in [0.1, 0.15) is 18.9 Å². The van der Waals surface area contributed by atoms with Gasteiger partial charge in [0.2, 0.25) is 10.0 Å². The highest BCUT2D eigenvalue weighted by Gasteiger charge is 2.18. The van der Waals surface area contributed by atoms with Crippen molar-refractivity contribution < 1.29 is 13.5 Å². The number of halogens is 1. The van der Waals surface area contributed by atoms with E-state index in [9.17, 15) is 8.42 Å². The Hall–Kier alpha value is -0.430. The van der Waals surface area contributed by atoms with E-state index >= 15 is 0 Å². The Kier molecular flexibility index (Phi) is 5.78. The van der Waals surface area contributed by atoms with Crippen LogP contribution in [0.3, 0.4) is 0 Å². The summed E-state index contributed by atoms with van der Waals surface area (Å²) in [4.78, 5) is 0. The predicted octanol–water partition coefficient (Wildman–Crippen LogP) is 1.98. The van der Waals surface area contributed by atoms with E-state index in [4.69, 9.17) is 5.11 Å². The van der Waals surface area contributed by atoms with Gasteiger partial charge in [-0.1, -0.05) is 28.1 Å². The molecule has 1 aromatic carbocycles. The first kappa shape index (κ1) is 15.6. The average Bonchev–Trinajstić information content (AvgIpc) is 2.28. The maximum absolute atomic E-state index is 12.0. The van der Waals surface area contributed by atoms with Crippen molar-refractivity contribution in [3.05, 3.63) is 34.3 Å². The highest BCUT2D eigenvalue weighted by atomic mass is 79.9. The molecule has 0 aliphatic carbocycles. The van der Waals surface area contributed by atoms with E-state index in [0.29, 0.717) is 13.0 Å². The van der Waals surface area contributed by atoms with Crippen LogP contribution in [0.25, 0.3) is 0 Å². The van der Waals surface area contributed by atoms with Crippen LogP contribution in [0.5, 0.6) is 0 Å². The molecule has 1 N–H and O–H groups in total. The second-order valence-electron chi connectivity index (χ2n) is 4.34. The van der Waals surface area contributed by atoms with Crippen molar-refractivity contribution in [3.63, 3.8) is 0 Å². The Morgan fingerprint density at radius 3 is 2.39 bits per heavy atom. The maximum atomic E-state index is 12.0. The van der Waals surface area contributed by atoms with Gasteiger partial charge in [-0.3, -0.25) is 0 Å². The van der Waals surface area contributed by atoms with Crippen LogP contribution in [0.2, 0.25) is 0 Å². The molecule has 0 spiro atoms. The summed E-state index contributed by atoms with van der Waals surface area (Å²) in [5.74, 6) is -0.0173. The van der Waals surface area contributed by atoms with Crippen molar-refractivity contribution in [2.45, 2.75) is 25.2 Å². The lowest BCUT2D eigenvalue weighted by Gasteiger charge is -2.17. The van der Waals surface area contributed by atoms with Crippen LogP contribution in [-0.4, -0.2) is 37.5 Å². The van der Waals surface area contributed by atoms with Gasteiger partial charge in [-0.2, -0.15) is 0 Å². The van der Waals surface area contributed by atoms with Crippen molar-refractivity contribution >= 4 is 26.0 Å². The zero-order valence-corrected chi connectivity index (χ0v) is 12.9. The molecule has 0 fully saturated rings. The molecule has 0 aromatic heterocycles. The molecular weight excluding hydrogens is 318 g/mol. The maximum Gasteiger partial charge on any atom is 0.218 e. The first-order valence-corrected chi connectivity index (χ1v) is 8.08. The lowest BCUT2D eigenvalue weighted by atomic mass is 10.2. The summed E-state index contributed by atoms with van der Waals surface area (Å²) in [6.07, 6.45) is -0.0499. The number of sulfonamides is 1. The van der Waals surface area contributed by atoms with Gasteiger partial charge in [0, 0.05) is 18.1 Å². The molecule has 0 unspecified atom stereocenters. The molecular formula is C12H18BrNO3S. The van der Waals surface area contributed by atoms with Crippen LogP contribution in [0, 0.1) is 0 Å². The number of hydrogen-bond donors (Lipinski definition) is 1. The standard InChI is InChI=1S/C12H18BrNO3S/c1-10(15)7-8-14(2)18(16,17)9-11-3-5-12(13)6-4-11/h3-6,10,15H,7-9H2,1-2H3/t10-/m1/s1. The molecule has 0 saturated carbocycles. The molecule has 0 amide bonds. The van der Waals surface area contributed by atoms with Gasteiger partial charge in [0.15, 0.2) is 0 Å². The van der Waals surface area contributed by atoms with E-state index in [-0.39, 0.29) is 5.75 Å². The Morgan fingerprint density at radius 2 is 1.89 bits per heavy atom. The number of rotatable bonds is 6. The van der Waals surface area contributed by atoms with E-state index in [2.05, 4.69) is 15.9 Å². The molecule has 1 rings (SSSR count). The van der Waals surface area contributed by atoms with Crippen molar-refractivity contribution in [1.29, 1.82) is 0 Å². The summed E-state index contributed by atoms with van der Waals surface area (Å²) in [7, 11) is -1.78. The van der Waals surface area contributed by atoms with E-state index in [1.807, 2.05) is 12.1 Å². The molecule has 1 atom stereocenters. The van der Waals surface area contributed by atoms with Crippen molar-refractivity contribution in [2.75, 3.05) is 13.6 Å². The molecule has 102 valence electrons. The van der Waals surface area contributed by atoms with Gasteiger partial charge >= 0.3 is 0 Å². The third-order valence-electron chi connectivity index (χ3n) is 2.60. The van der Waals surface area contributed by atoms with Crippen molar-refractivity contribution in [2.24, 2.45) is 0 Å². The smallest absolute Gasteiger partial charge is 0.218 e. The topological polar surface area (TPSA) is 57.6 Å². The fourth-order valence-electron chi connectivity index (χ4n) is 1.41. The first-order chi connectivity index (χ1) is 8.31. The molecule has 1 aromatic rings. The fraction of sp³-hybridized carbons (Fsp3) is 0.500. The van der Waals surface area contributed by atoms with Crippen LogP contribution in [0.15, 0.2) is 28.7 Å². The van der Waals surface area contributed by atoms with Gasteiger partial charge in [-0.05, 0) is 31.0 Å². The summed E-state index contributed by atoms with van der Waals surface area (Å²) < 4.78 is 26.3. The van der Waals surface area contributed by atoms with Crippen LogP contribution in [0.4, 0.5) is 0 Å². The monoisotopic (exact) mass is 335 g/mol. The first-order valence-electron chi connectivity index (χ1n) is 5.68. The van der Waals surface area contributed by atoms with E-state index in [1.165, 1.54) is 11.4 Å². The van der Waals surface area contributed by atoms with Gasteiger partial charge < -0.3 is 5.11 Å². The average molecular weight is 336 g/mol. The zero-order chi connectivity index (χ0) is 13.8. The van der Waals surface area contributed by atoms with Crippen molar-refractivity contribution in [3.8, 4) is 0 Å². The number of nitrogens with zero attached hydrogens (tertiary/aromatic N) is 1. The molecule has 0 aliphatic heterocycles. The van der Waals surface area contributed by atoms with E-state index in [0.717, 1.165) is 10.0 Å². The van der Waals surface area contributed by atoms with Gasteiger partial charge in [0.05, 0.1) is 11.9 Å². The minimum absolute atomic E-state index is 0.0173. The van der Waals surface area contributed by atoms with Gasteiger partial charge in [-0.15, -0.1) is 0 Å².